The Morgan fingerprint density at radius 2 is 1.60 bits per heavy atom. The topological polar surface area (TPSA) is 70.7 Å². The van der Waals surface area contributed by atoms with E-state index in [4.69, 9.17) is 4.74 Å². The Morgan fingerprint density at radius 1 is 0.967 bits per heavy atom. The monoisotopic (exact) mass is 421 g/mol. The number of alkyl halides is 3. The third-order valence-electron chi connectivity index (χ3n) is 4.71. The maximum atomic E-state index is 12.6. The van der Waals surface area contributed by atoms with Gasteiger partial charge in [-0.3, -0.25) is 4.79 Å². The smallest absolute Gasteiger partial charge is 0.422 e. The van der Waals surface area contributed by atoms with Gasteiger partial charge in [0, 0.05) is 24.7 Å². The number of anilines is 2. The second-order valence-corrected chi connectivity index (χ2v) is 6.95. The molecular formula is C21H22F3N3O3. The Kier molecular flexibility index (Phi) is 6.81. The Bertz CT molecular complexity index is 867. The van der Waals surface area contributed by atoms with Crippen LogP contribution >= 0.6 is 0 Å². The molecule has 1 fully saturated rings. The van der Waals surface area contributed by atoms with Crippen molar-refractivity contribution in [2.45, 2.75) is 19.0 Å². The third-order valence-corrected chi connectivity index (χ3v) is 4.71. The van der Waals surface area contributed by atoms with Gasteiger partial charge >= 0.3 is 12.2 Å². The van der Waals surface area contributed by atoms with Crippen LogP contribution in [0.5, 0.6) is 5.75 Å². The fourth-order valence-electron chi connectivity index (χ4n) is 3.16. The molecule has 0 radical (unpaired) electrons. The molecule has 0 saturated carbocycles. The molecule has 0 aromatic heterocycles. The van der Waals surface area contributed by atoms with Crippen LogP contribution in [0.1, 0.15) is 12.8 Å². The molecule has 0 bridgehead atoms. The average Bonchev–Trinajstić information content (AvgIpc) is 2.73. The molecule has 1 saturated heterocycles. The summed E-state index contributed by atoms with van der Waals surface area (Å²) >= 11 is 0. The van der Waals surface area contributed by atoms with Crippen LogP contribution in [0.15, 0.2) is 54.6 Å². The molecule has 6 nitrogen and oxygen atoms in total. The molecular weight excluding hydrogens is 399 g/mol. The number of benzene rings is 2. The minimum Gasteiger partial charge on any atom is -0.482 e. The summed E-state index contributed by atoms with van der Waals surface area (Å²) in [5, 5.41) is 5.46. The minimum absolute atomic E-state index is 0.0390. The zero-order valence-electron chi connectivity index (χ0n) is 16.1. The SMILES string of the molecule is O=C(Nc1ccccc1OCC(F)(F)F)C1CCN(C(=O)Nc2ccccc2)CC1. The molecule has 0 atom stereocenters. The summed E-state index contributed by atoms with van der Waals surface area (Å²) in [6.45, 7) is -0.624. The number of ether oxygens (including phenoxy) is 1. The highest BCUT2D eigenvalue weighted by Gasteiger charge is 2.30. The molecule has 2 aromatic carbocycles. The van der Waals surface area contributed by atoms with Crippen molar-refractivity contribution in [1.82, 2.24) is 4.90 Å². The molecule has 1 aliphatic rings. The highest BCUT2D eigenvalue weighted by atomic mass is 19.4. The lowest BCUT2D eigenvalue weighted by Gasteiger charge is -2.31. The predicted molar refractivity (Wildman–Crippen MR) is 106 cm³/mol. The lowest BCUT2D eigenvalue weighted by Crippen LogP contribution is -2.43. The molecule has 160 valence electrons. The van der Waals surface area contributed by atoms with E-state index in [9.17, 15) is 22.8 Å². The molecule has 1 aliphatic heterocycles. The highest BCUT2D eigenvalue weighted by molar-refractivity contribution is 5.94. The number of para-hydroxylation sites is 3. The van der Waals surface area contributed by atoms with Gasteiger partial charge in [0.2, 0.25) is 5.91 Å². The maximum absolute atomic E-state index is 12.6. The summed E-state index contributed by atoms with van der Waals surface area (Å²) in [6, 6.07) is 14.8. The number of piperidine rings is 1. The molecule has 1 heterocycles. The zero-order chi connectivity index (χ0) is 21.6. The fraction of sp³-hybridized carbons (Fsp3) is 0.333. The molecule has 2 aromatic rings. The Morgan fingerprint density at radius 3 is 2.27 bits per heavy atom. The highest BCUT2D eigenvalue weighted by Crippen LogP contribution is 2.28. The van der Waals surface area contributed by atoms with E-state index in [1.807, 2.05) is 18.2 Å². The van der Waals surface area contributed by atoms with Gasteiger partial charge in [-0.25, -0.2) is 4.79 Å². The number of carbonyl (C=O) groups is 2. The van der Waals surface area contributed by atoms with Gasteiger partial charge in [-0.05, 0) is 37.1 Å². The first-order chi connectivity index (χ1) is 14.3. The zero-order valence-corrected chi connectivity index (χ0v) is 16.1. The van der Waals surface area contributed by atoms with Crippen LogP contribution in [0.2, 0.25) is 0 Å². The Balaban J connectivity index is 1.52. The number of nitrogens with zero attached hydrogens (tertiary/aromatic N) is 1. The van der Waals surface area contributed by atoms with Gasteiger partial charge < -0.3 is 20.3 Å². The van der Waals surface area contributed by atoms with Crippen LogP contribution in [0.25, 0.3) is 0 Å². The largest absolute Gasteiger partial charge is 0.482 e. The van der Waals surface area contributed by atoms with Crippen molar-refractivity contribution in [1.29, 1.82) is 0 Å². The van der Waals surface area contributed by atoms with Crippen LogP contribution < -0.4 is 15.4 Å². The van der Waals surface area contributed by atoms with E-state index >= 15 is 0 Å². The standard InChI is InChI=1S/C21H22F3N3O3/c22-21(23,24)14-30-18-9-5-4-8-17(18)26-19(28)15-10-12-27(13-11-15)20(29)25-16-6-2-1-3-7-16/h1-9,15H,10-14H2,(H,25,29)(H,26,28). The number of rotatable bonds is 5. The van der Waals surface area contributed by atoms with Gasteiger partial charge in [0.15, 0.2) is 6.61 Å². The van der Waals surface area contributed by atoms with Crippen molar-refractivity contribution in [3.63, 3.8) is 0 Å². The molecule has 30 heavy (non-hydrogen) atoms. The van der Waals surface area contributed by atoms with Crippen molar-refractivity contribution in [3.8, 4) is 5.75 Å². The van der Waals surface area contributed by atoms with Crippen molar-refractivity contribution in [2.75, 3.05) is 30.3 Å². The molecule has 3 rings (SSSR count). The van der Waals surface area contributed by atoms with E-state index in [0.717, 1.165) is 0 Å². The fourth-order valence-corrected chi connectivity index (χ4v) is 3.16. The van der Waals surface area contributed by atoms with Crippen LogP contribution in [0, 0.1) is 5.92 Å². The molecule has 2 N–H and O–H groups in total. The quantitative estimate of drug-likeness (QED) is 0.746. The van der Waals surface area contributed by atoms with Crippen molar-refractivity contribution >= 4 is 23.3 Å². The number of hydrogen-bond donors (Lipinski definition) is 2. The maximum Gasteiger partial charge on any atom is 0.422 e. The third kappa shape index (κ3) is 6.13. The number of likely N-dealkylation sites (tertiary alicyclic amines) is 1. The Hall–Kier alpha value is -3.23. The summed E-state index contributed by atoms with van der Waals surface area (Å²) in [7, 11) is 0. The summed E-state index contributed by atoms with van der Waals surface area (Å²) in [6.07, 6.45) is -3.55. The molecule has 3 amide bonds. The number of urea groups is 1. The lowest BCUT2D eigenvalue weighted by molar-refractivity contribution is -0.153. The predicted octanol–water partition coefficient (Wildman–Crippen LogP) is 4.51. The first-order valence-corrected chi connectivity index (χ1v) is 9.52. The van der Waals surface area contributed by atoms with Crippen LogP contribution in [-0.2, 0) is 4.79 Å². The van der Waals surface area contributed by atoms with E-state index in [2.05, 4.69) is 10.6 Å². The van der Waals surface area contributed by atoms with Gasteiger partial charge in [0.05, 0.1) is 5.69 Å². The second kappa shape index (κ2) is 9.51. The number of nitrogens with one attached hydrogen (secondary N) is 2. The van der Waals surface area contributed by atoms with Gasteiger partial charge in [-0.1, -0.05) is 30.3 Å². The normalized spacial score (nSPS) is 14.8. The second-order valence-electron chi connectivity index (χ2n) is 6.95. The van der Waals surface area contributed by atoms with E-state index in [-0.39, 0.29) is 29.3 Å². The first kappa shape index (κ1) is 21.5. The number of amides is 3. The van der Waals surface area contributed by atoms with Gasteiger partial charge in [0.25, 0.3) is 0 Å². The number of halogens is 3. The van der Waals surface area contributed by atoms with Gasteiger partial charge in [0.1, 0.15) is 5.75 Å². The van der Waals surface area contributed by atoms with Crippen molar-refractivity contribution in [3.05, 3.63) is 54.6 Å². The summed E-state index contributed by atoms with van der Waals surface area (Å²) in [5.74, 6) is -0.689. The summed E-state index contributed by atoms with van der Waals surface area (Å²) in [4.78, 5) is 26.6. The van der Waals surface area contributed by atoms with Crippen LogP contribution in [-0.4, -0.2) is 42.7 Å². The summed E-state index contributed by atoms with van der Waals surface area (Å²) < 4.78 is 42.0. The number of hydrogen-bond acceptors (Lipinski definition) is 3. The van der Waals surface area contributed by atoms with E-state index < -0.39 is 12.8 Å². The van der Waals surface area contributed by atoms with E-state index in [1.54, 1.807) is 23.1 Å². The molecule has 0 spiro atoms. The van der Waals surface area contributed by atoms with Crippen LogP contribution in [0.4, 0.5) is 29.3 Å². The molecule has 9 heteroatoms. The number of carbonyl (C=O) groups excluding carboxylic acids is 2. The van der Waals surface area contributed by atoms with Crippen molar-refractivity contribution < 1.29 is 27.5 Å². The van der Waals surface area contributed by atoms with Gasteiger partial charge in [-0.15, -0.1) is 0 Å². The lowest BCUT2D eigenvalue weighted by atomic mass is 9.96. The van der Waals surface area contributed by atoms with Gasteiger partial charge in [-0.2, -0.15) is 13.2 Å². The van der Waals surface area contributed by atoms with Crippen LogP contribution in [0.3, 0.4) is 0 Å². The molecule has 0 unspecified atom stereocenters. The molecule has 0 aliphatic carbocycles. The average molecular weight is 421 g/mol. The summed E-state index contributed by atoms with van der Waals surface area (Å²) in [5.41, 5.74) is 0.883. The minimum atomic E-state index is -4.47. The van der Waals surface area contributed by atoms with E-state index in [1.165, 1.54) is 18.2 Å². The van der Waals surface area contributed by atoms with E-state index in [0.29, 0.717) is 31.6 Å². The Labute approximate surface area is 172 Å². The van der Waals surface area contributed by atoms with Crippen molar-refractivity contribution in [2.24, 2.45) is 5.92 Å². The first-order valence-electron chi connectivity index (χ1n) is 9.52.